The Bertz CT molecular complexity index is 1410. The molecule has 0 aliphatic carbocycles. The van der Waals surface area contributed by atoms with Crippen LogP contribution < -0.4 is 9.62 Å². The fourth-order valence-corrected chi connectivity index (χ4v) is 5.43. The lowest BCUT2D eigenvalue weighted by molar-refractivity contribution is 0.190. The number of piperidine rings is 1. The minimum atomic E-state index is -3.75. The average molecular weight is 536 g/mol. The summed E-state index contributed by atoms with van der Waals surface area (Å²) in [5, 5.41) is 0. The highest BCUT2D eigenvalue weighted by Gasteiger charge is 2.23. The van der Waals surface area contributed by atoms with Crippen molar-refractivity contribution in [1.29, 1.82) is 0 Å². The molecule has 2 aromatic heterocycles. The van der Waals surface area contributed by atoms with Gasteiger partial charge in [0, 0.05) is 44.0 Å². The fourth-order valence-electron chi connectivity index (χ4n) is 4.56. The molecule has 0 spiro atoms. The summed E-state index contributed by atoms with van der Waals surface area (Å²) in [4.78, 5) is 20.8. The fraction of sp³-hybridized carbons (Fsp3) is 0.393. The van der Waals surface area contributed by atoms with Crippen molar-refractivity contribution in [2.45, 2.75) is 25.8 Å². The number of benzene rings is 1. The molecule has 0 saturated carbocycles. The van der Waals surface area contributed by atoms with Gasteiger partial charge in [-0.25, -0.2) is 13.4 Å². The number of hydrogen-bond acceptors (Lipinski definition) is 8. The van der Waals surface area contributed by atoms with E-state index in [1.54, 1.807) is 25.3 Å². The van der Waals surface area contributed by atoms with Crippen LogP contribution in [0.1, 0.15) is 19.8 Å². The van der Waals surface area contributed by atoms with E-state index in [-0.39, 0.29) is 4.91 Å². The highest BCUT2D eigenvalue weighted by Crippen LogP contribution is 2.27. The van der Waals surface area contributed by atoms with Gasteiger partial charge in [0.2, 0.25) is 0 Å². The molecule has 0 amide bonds. The van der Waals surface area contributed by atoms with Gasteiger partial charge in [0.05, 0.1) is 34.0 Å². The molecule has 3 aromatic rings. The number of hydrogen-bond donors (Lipinski definition) is 1. The monoisotopic (exact) mass is 535 g/mol. The van der Waals surface area contributed by atoms with E-state index in [1.165, 1.54) is 12.3 Å². The predicted molar refractivity (Wildman–Crippen MR) is 156 cm³/mol. The van der Waals surface area contributed by atoms with Crippen molar-refractivity contribution in [3.8, 4) is 11.1 Å². The topological polar surface area (TPSA) is 94.6 Å². The predicted octanol–water partition coefficient (Wildman–Crippen LogP) is 3.99. The van der Waals surface area contributed by atoms with E-state index in [4.69, 9.17) is 4.98 Å². The number of allylic oxidation sites excluding steroid dienone is 2. The molecule has 1 N–H and O–H groups in total. The van der Waals surface area contributed by atoms with Crippen molar-refractivity contribution in [1.82, 2.24) is 24.8 Å². The zero-order chi connectivity index (χ0) is 27.3. The van der Waals surface area contributed by atoms with Crippen LogP contribution in [-0.2, 0) is 10.0 Å². The van der Waals surface area contributed by atoms with Crippen LogP contribution in [0.25, 0.3) is 22.2 Å². The number of sulfonamides is 1. The maximum absolute atomic E-state index is 12.5. The summed E-state index contributed by atoms with van der Waals surface area (Å²) in [6.45, 7) is 9.38. The summed E-state index contributed by atoms with van der Waals surface area (Å²) in [5.74, 6) is 0.881. The molecular weight excluding hydrogens is 498 g/mol. The number of rotatable bonds is 10. The van der Waals surface area contributed by atoms with Crippen molar-refractivity contribution in [3.63, 3.8) is 0 Å². The van der Waals surface area contributed by atoms with E-state index in [9.17, 15) is 8.42 Å². The highest BCUT2D eigenvalue weighted by atomic mass is 32.2. The van der Waals surface area contributed by atoms with E-state index < -0.39 is 10.0 Å². The van der Waals surface area contributed by atoms with Crippen LogP contribution in [0.3, 0.4) is 0 Å². The minimum absolute atomic E-state index is 0.0110. The van der Waals surface area contributed by atoms with Gasteiger partial charge in [-0.1, -0.05) is 18.7 Å². The van der Waals surface area contributed by atoms with Gasteiger partial charge >= 0.3 is 0 Å². The standard InChI is InChI=1S/C28H37N7O2S/c1-6-7-21(2)38(36,37)32-24-16-23(18-29-19-24)22-8-9-26-27(17-22)31-28(20-30-26)35-12-10-25(11-13-35)34(5)15-14-33(3)4/h6-9,16-20,25,32H,2,10-15H2,1,3-5H3/b7-6-. The zero-order valence-electron chi connectivity index (χ0n) is 22.6. The molecule has 9 nitrogen and oxygen atoms in total. The number of pyridine rings is 1. The summed E-state index contributed by atoms with van der Waals surface area (Å²) < 4.78 is 27.5. The second-order valence-corrected chi connectivity index (χ2v) is 11.7. The van der Waals surface area contributed by atoms with Crippen LogP contribution >= 0.6 is 0 Å². The molecule has 0 radical (unpaired) electrons. The third kappa shape index (κ3) is 6.75. The molecule has 3 heterocycles. The van der Waals surface area contributed by atoms with Crippen LogP contribution in [0.15, 0.2) is 66.5 Å². The van der Waals surface area contributed by atoms with E-state index in [2.05, 4.69) is 57.1 Å². The molecule has 1 aliphatic rings. The second kappa shape index (κ2) is 12.0. The largest absolute Gasteiger partial charge is 0.355 e. The number of nitrogens with one attached hydrogen (secondary N) is 1. The summed E-state index contributed by atoms with van der Waals surface area (Å²) in [7, 11) is 2.69. The van der Waals surface area contributed by atoms with Crippen LogP contribution in [-0.4, -0.2) is 86.5 Å². The van der Waals surface area contributed by atoms with Crippen molar-refractivity contribution in [3.05, 3.63) is 66.5 Å². The van der Waals surface area contributed by atoms with E-state index >= 15 is 0 Å². The first-order valence-electron chi connectivity index (χ1n) is 12.8. The minimum Gasteiger partial charge on any atom is -0.355 e. The third-order valence-corrected chi connectivity index (χ3v) is 8.19. The number of fused-ring (bicyclic) bond motifs is 1. The van der Waals surface area contributed by atoms with Crippen molar-refractivity contribution in [2.24, 2.45) is 0 Å². The van der Waals surface area contributed by atoms with Gasteiger partial charge in [0.1, 0.15) is 5.82 Å². The van der Waals surface area contributed by atoms with Gasteiger partial charge in [-0.2, -0.15) is 0 Å². The van der Waals surface area contributed by atoms with Gasteiger partial charge in [-0.3, -0.25) is 14.7 Å². The first kappa shape index (κ1) is 27.7. The van der Waals surface area contributed by atoms with Crippen molar-refractivity contribution >= 4 is 32.6 Å². The van der Waals surface area contributed by atoms with E-state index in [0.29, 0.717) is 11.7 Å². The van der Waals surface area contributed by atoms with Crippen LogP contribution in [0.5, 0.6) is 0 Å². The molecule has 202 valence electrons. The van der Waals surface area contributed by atoms with Crippen LogP contribution in [0.4, 0.5) is 11.5 Å². The Morgan fingerprint density at radius 2 is 1.84 bits per heavy atom. The van der Waals surface area contributed by atoms with Gasteiger partial charge in [-0.15, -0.1) is 0 Å². The molecule has 10 heteroatoms. The molecule has 1 aromatic carbocycles. The molecule has 1 saturated heterocycles. The second-order valence-electron chi connectivity index (χ2n) is 9.97. The molecule has 0 atom stereocenters. The van der Waals surface area contributed by atoms with Gasteiger partial charge in [-0.05, 0) is 70.7 Å². The number of likely N-dealkylation sites (N-methyl/N-ethyl adjacent to an activating group) is 2. The number of nitrogens with zero attached hydrogens (tertiary/aromatic N) is 6. The first-order chi connectivity index (χ1) is 18.2. The average Bonchev–Trinajstić information content (AvgIpc) is 2.91. The van der Waals surface area contributed by atoms with Gasteiger partial charge in [0.25, 0.3) is 10.0 Å². The lowest BCUT2D eigenvalue weighted by atomic mass is 10.0. The lowest BCUT2D eigenvalue weighted by Crippen LogP contribution is -2.45. The van der Waals surface area contributed by atoms with Crippen LogP contribution in [0.2, 0.25) is 0 Å². The first-order valence-corrected chi connectivity index (χ1v) is 14.3. The Kier molecular flexibility index (Phi) is 8.76. The van der Waals surface area contributed by atoms with Crippen molar-refractivity contribution < 1.29 is 8.42 Å². The number of anilines is 2. The molecule has 1 fully saturated rings. The quantitative estimate of drug-likeness (QED) is 0.390. The van der Waals surface area contributed by atoms with E-state index in [1.807, 2.05) is 24.4 Å². The Balaban J connectivity index is 1.49. The third-order valence-electron chi connectivity index (χ3n) is 6.86. The molecular formula is C28H37N7O2S. The van der Waals surface area contributed by atoms with Crippen molar-refractivity contribution in [2.75, 3.05) is 56.9 Å². The summed E-state index contributed by atoms with van der Waals surface area (Å²) >= 11 is 0. The van der Waals surface area contributed by atoms with Gasteiger partial charge in [0.15, 0.2) is 0 Å². The Morgan fingerprint density at radius 3 is 2.55 bits per heavy atom. The smallest absolute Gasteiger partial charge is 0.261 e. The highest BCUT2D eigenvalue weighted by molar-refractivity contribution is 7.96. The Morgan fingerprint density at radius 1 is 1.08 bits per heavy atom. The SMILES string of the molecule is C=C(/C=C\C)S(=O)(=O)Nc1cncc(-c2ccc3ncc(N4CCC(N(C)CCN(C)C)CC4)nc3c2)c1. The Labute approximate surface area is 226 Å². The van der Waals surface area contributed by atoms with Gasteiger partial charge < -0.3 is 14.7 Å². The normalized spacial score (nSPS) is 15.2. The summed E-state index contributed by atoms with van der Waals surface area (Å²) in [5.41, 5.74) is 3.62. The zero-order valence-corrected chi connectivity index (χ0v) is 23.4. The summed E-state index contributed by atoms with van der Waals surface area (Å²) in [6.07, 6.45) is 10.3. The van der Waals surface area contributed by atoms with E-state index in [0.717, 1.165) is 67.0 Å². The Hall–Kier alpha value is -3.34. The lowest BCUT2D eigenvalue weighted by Gasteiger charge is -2.37. The van der Waals surface area contributed by atoms with Crippen LogP contribution in [0, 0.1) is 0 Å². The number of aromatic nitrogens is 3. The maximum Gasteiger partial charge on any atom is 0.261 e. The molecule has 0 bridgehead atoms. The molecule has 4 rings (SSSR count). The molecule has 0 unspecified atom stereocenters. The molecule has 1 aliphatic heterocycles. The maximum atomic E-state index is 12.5. The summed E-state index contributed by atoms with van der Waals surface area (Å²) in [6, 6.07) is 8.18. The molecule has 38 heavy (non-hydrogen) atoms.